The molecule has 0 bridgehead atoms. The van der Waals surface area contributed by atoms with Gasteiger partial charge in [0.2, 0.25) is 0 Å². The summed E-state index contributed by atoms with van der Waals surface area (Å²) in [5.74, 6) is -1.29. The molecule has 3 aromatic carbocycles. The van der Waals surface area contributed by atoms with Gasteiger partial charge in [-0.2, -0.15) is 23.5 Å². The first kappa shape index (κ1) is 28.1. The molecule has 6 nitrogen and oxygen atoms in total. The summed E-state index contributed by atoms with van der Waals surface area (Å²) in [4.78, 5) is 13.3. The number of nitriles is 1. The number of rotatable bonds is 9. The van der Waals surface area contributed by atoms with Gasteiger partial charge in [0.05, 0.1) is 29.6 Å². The first-order valence-corrected chi connectivity index (χ1v) is 13.1. The number of alkyl halides is 3. The van der Waals surface area contributed by atoms with Gasteiger partial charge in [-0.25, -0.2) is 9.07 Å². The van der Waals surface area contributed by atoms with E-state index >= 15 is 0 Å². The van der Waals surface area contributed by atoms with Gasteiger partial charge in [-0.15, -0.1) is 0 Å². The molecule has 0 radical (unpaired) electrons. The highest BCUT2D eigenvalue weighted by molar-refractivity contribution is 6.03. The second-order valence-electron chi connectivity index (χ2n) is 9.93. The van der Waals surface area contributed by atoms with Crippen LogP contribution >= 0.6 is 0 Å². The Morgan fingerprint density at radius 3 is 2.49 bits per heavy atom. The number of nitrogens with one attached hydrogen (secondary N) is 1. The van der Waals surface area contributed by atoms with Gasteiger partial charge in [0.15, 0.2) is 5.69 Å². The maximum absolute atomic E-state index is 15.0. The van der Waals surface area contributed by atoms with Gasteiger partial charge in [-0.3, -0.25) is 4.79 Å². The van der Waals surface area contributed by atoms with Crippen molar-refractivity contribution in [3.05, 3.63) is 112 Å². The number of carbonyl (C=O) groups is 1. The number of aryl methyl sites for hydroxylation is 1. The molecular formula is C31H26F4N4O2. The SMILES string of the molecule is CCc1cccc(-n2nc(C(F)(F)F)cc2C(=O)Nc2cc(C(OCC3CC3)c3ccc(C#N)cc3)ccc2F)c1. The fourth-order valence-corrected chi connectivity index (χ4v) is 4.41. The molecule has 41 heavy (non-hydrogen) atoms. The van der Waals surface area contributed by atoms with Crippen molar-refractivity contribution in [2.75, 3.05) is 11.9 Å². The molecule has 1 heterocycles. The lowest BCUT2D eigenvalue weighted by Gasteiger charge is -2.20. The molecule has 210 valence electrons. The van der Waals surface area contributed by atoms with E-state index in [0.29, 0.717) is 36.1 Å². The smallest absolute Gasteiger partial charge is 0.368 e. The molecule has 0 aliphatic heterocycles. The third-order valence-electron chi connectivity index (χ3n) is 6.88. The average molecular weight is 563 g/mol. The zero-order valence-corrected chi connectivity index (χ0v) is 22.1. The van der Waals surface area contributed by atoms with Crippen molar-refractivity contribution >= 4 is 11.6 Å². The molecule has 0 saturated heterocycles. The van der Waals surface area contributed by atoms with E-state index in [2.05, 4.69) is 16.5 Å². The topological polar surface area (TPSA) is 79.9 Å². The molecule has 1 aliphatic carbocycles. The van der Waals surface area contributed by atoms with Crippen LogP contribution in [0.1, 0.15) is 64.3 Å². The quantitative estimate of drug-likeness (QED) is 0.218. The Morgan fingerprint density at radius 2 is 1.83 bits per heavy atom. The van der Waals surface area contributed by atoms with E-state index in [1.807, 2.05) is 13.0 Å². The predicted octanol–water partition coefficient (Wildman–Crippen LogP) is 7.23. The number of aromatic nitrogens is 2. The molecule has 10 heteroatoms. The van der Waals surface area contributed by atoms with Crippen LogP contribution in [0.15, 0.2) is 72.8 Å². The summed E-state index contributed by atoms with van der Waals surface area (Å²) in [5.41, 5.74) is 0.998. The second kappa shape index (κ2) is 11.6. The van der Waals surface area contributed by atoms with Crippen LogP contribution in [0.4, 0.5) is 23.2 Å². The molecule has 1 aliphatic rings. The Labute approximate surface area is 234 Å². The first-order valence-electron chi connectivity index (χ1n) is 13.1. The minimum absolute atomic E-state index is 0.218. The van der Waals surface area contributed by atoms with Crippen LogP contribution in [0.2, 0.25) is 0 Å². The van der Waals surface area contributed by atoms with Crippen molar-refractivity contribution in [3.8, 4) is 11.8 Å². The number of hydrogen-bond acceptors (Lipinski definition) is 4. The third kappa shape index (κ3) is 6.47. The van der Waals surface area contributed by atoms with E-state index in [9.17, 15) is 22.4 Å². The zero-order chi connectivity index (χ0) is 29.1. The van der Waals surface area contributed by atoms with E-state index in [0.717, 1.165) is 28.7 Å². The van der Waals surface area contributed by atoms with Crippen LogP contribution in [-0.4, -0.2) is 22.3 Å². The van der Waals surface area contributed by atoms with Gasteiger partial charge >= 0.3 is 6.18 Å². The number of halogens is 4. The Morgan fingerprint density at radius 1 is 1.10 bits per heavy atom. The summed E-state index contributed by atoms with van der Waals surface area (Å²) in [6, 6.07) is 20.3. The molecule has 1 saturated carbocycles. The summed E-state index contributed by atoms with van der Waals surface area (Å²) >= 11 is 0. The number of amides is 1. The summed E-state index contributed by atoms with van der Waals surface area (Å²) in [6.45, 7) is 2.38. The summed E-state index contributed by atoms with van der Waals surface area (Å²) < 4.78 is 62.8. The molecule has 1 N–H and O–H groups in total. The standard InChI is InChI=1S/C31H26F4N4O2/c1-2-19-4-3-5-24(14-19)39-27(16-28(38-39)31(33,34)35)30(40)37-26-15-23(12-13-25(26)32)29(41-18-21-6-7-21)22-10-8-20(17-36)9-11-22/h3-5,8-16,21,29H,2,6-7,18H2,1H3,(H,37,40). The number of anilines is 1. The van der Waals surface area contributed by atoms with E-state index in [-0.39, 0.29) is 11.4 Å². The van der Waals surface area contributed by atoms with Crippen molar-refractivity contribution in [2.45, 2.75) is 38.5 Å². The monoisotopic (exact) mass is 562 g/mol. The number of ether oxygens (including phenoxy) is 1. The van der Waals surface area contributed by atoms with Gasteiger partial charge in [0.25, 0.3) is 5.91 Å². The third-order valence-corrected chi connectivity index (χ3v) is 6.88. The Hall–Kier alpha value is -4.49. The molecule has 5 rings (SSSR count). The highest BCUT2D eigenvalue weighted by Crippen LogP contribution is 2.35. The van der Waals surface area contributed by atoms with Crippen molar-refractivity contribution in [3.63, 3.8) is 0 Å². The van der Waals surface area contributed by atoms with Crippen LogP contribution < -0.4 is 5.32 Å². The van der Waals surface area contributed by atoms with Crippen molar-refractivity contribution < 1.29 is 27.1 Å². The van der Waals surface area contributed by atoms with Crippen LogP contribution in [0.25, 0.3) is 5.69 Å². The Kier molecular flexibility index (Phi) is 7.90. The molecule has 1 aromatic heterocycles. The predicted molar refractivity (Wildman–Crippen MR) is 144 cm³/mol. The van der Waals surface area contributed by atoms with Crippen molar-refractivity contribution in [1.29, 1.82) is 5.26 Å². The van der Waals surface area contributed by atoms with Crippen LogP contribution in [-0.2, 0) is 17.3 Å². The summed E-state index contributed by atoms with van der Waals surface area (Å²) in [5, 5.41) is 15.2. The Bertz CT molecular complexity index is 1600. The molecule has 0 spiro atoms. The maximum atomic E-state index is 15.0. The van der Waals surface area contributed by atoms with Crippen molar-refractivity contribution in [1.82, 2.24) is 9.78 Å². The van der Waals surface area contributed by atoms with E-state index in [1.54, 1.807) is 42.5 Å². The van der Waals surface area contributed by atoms with E-state index in [1.165, 1.54) is 18.2 Å². The molecular weight excluding hydrogens is 536 g/mol. The minimum Gasteiger partial charge on any atom is -0.368 e. The lowest BCUT2D eigenvalue weighted by Crippen LogP contribution is -2.18. The fourth-order valence-electron chi connectivity index (χ4n) is 4.41. The van der Waals surface area contributed by atoms with E-state index < -0.39 is 35.4 Å². The Balaban J connectivity index is 1.48. The number of carbonyl (C=O) groups excluding carboxylic acids is 1. The summed E-state index contributed by atoms with van der Waals surface area (Å²) in [7, 11) is 0. The van der Waals surface area contributed by atoms with Gasteiger partial charge in [0.1, 0.15) is 17.6 Å². The zero-order valence-electron chi connectivity index (χ0n) is 22.1. The first-order chi connectivity index (χ1) is 19.7. The highest BCUT2D eigenvalue weighted by atomic mass is 19.4. The lowest BCUT2D eigenvalue weighted by molar-refractivity contribution is -0.141. The summed E-state index contributed by atoms with van der Waals surface area (Å²) in [6.07, 6.45) is -2.66. The average Bonchev–Trinajstić information content (AvgIpc) is 3.68. The minimum atomic E-state index is -4.79. The second-order valence-corrected chi connectivity index (χ2v) is 9.93. The molecule has 1 amide bonds. The fraction of sp³-hybridized carbons (Fsp3) is 0.258. The van der Waals surface area contributed by atoms with Gasteiger partial charge in [-0.1, -0.05) is 37.3 Å². The number of nitrogens with zero attached hydrogens (tertiary/aromatic N) is 3. The van der Waals surface area contributed by atoms with E-state index in [4.69, 9.17) is 10.00 Å². The van der Waals surface area contributed by atoms with Crippen LogP contribution in [0.3, 0.4) is 0 Å². The highest BCUT2D eigenvalue weighted by Gasteiger charge is 2.36. The van der Waals surface area contributed by atoms with Crippen LogP contribution in [0, 0.1) is 23.1 Å². The normalized spacial score (nSPS) is 14.0. The van der Waals surface area contributed by atoms with Crippen LogP contribution in [0.5, 0.6) is 0 Å². The largest absolute Gasteiger partial charge is 0.435 e. The van der Waals surface area contributed by atoms with Crippen molar-refractivity contribution in [2.24, 2.45) is 5.92 Å². The van der Waals surface area contributed by atoms with Gasteiger partial charge in [-0.05, 0) is 78.3 Å². The molecule has 1 atom stereocenters. The van der Waals surface area contributed by atoms with Gasteiger partial charge in [0, 0.05) is 6.07 Å². The molecule has 4 aromatic rings. The maximum Gasteiger partial charge on any atom is 0.435 e. The van der Waals surface area contributed by atoms with Gasteiger partial charge < -0.3 is 10.1 Å². The number of hydrogen-bond donors (Lipinski definition) is 1. The number of benzene rings is 3. The molecule has 1 fully saturated rings. The lowest BCUT2D eigenvalue weighted by atomic mass is 9.99. The molecule has 1 unspecified atom stereocenters.